The number of nitrogens with one attached hydrogen (secondary N) is 1. The fraction of sp³-hybridized carbons (Fsp3) is 0.235. The second-order valence-electron chi connectivity index (χ2n) is 4.89. The van der Waals surface area contributed by atoms with Gasteiger partial charge in [0, 0.05) is 6.54 Å². The largest absolute Gasteiger partial charge is 0.387 e. The van der Waals surface area contributed by atoms with Gasteiger partial charge in [-0.25, -0.2) is 0 Å². The number of carbonyl (C=O) groups is 1. The summed E-state index contributed by atoms with van der Waals surface area (Å²) in [4.78, 5) is 11.8. The van der Waals surface area contributed by atoms with E-state index in [0.29, 0.717) is 6.42 Å². The minimum absolute atomic E-state index is 0.0798. The molecular formula is C17H19NO2. The summed E-state index contributed by atoms with van der Waals surface area (Å²) in [6.45, 7) is 2.24. The second kappa shape index (κ2) is 6.87. The molecule has 0 aliphatic heterocycles. The molecule has 20 heavy (non-hydrogen) atoms. The Morgan fingerprint density at radius 2 is 1.75 bits per heavy atom. The molecule has 0 radical (unpaired) electrons. The van der Waals surface area contributed by atoms with Crippen LogP contribution in [0.4, 0.5) is 0 Å². The Morgan fingerprint density at radius 1 is 1.10 bits per heavy atom. The quantitative estimate of drug-likeness (QED) is 0.875. The van der Waals surface area contributed by atoms with Gasteiger partial charge in [0.2, 0.25) is 5.91 Å². The third kappa shape index (κ3) is 4.21. The van der Waals surface area contributed by atoms with Crippen molar-refractivity contribution in [3.63, 3.8) is 0 Å². The molecule has 0 fully saturated rings. The summed E-state index contributed by atoms with van der Waals surface area (Å²) in [5, 5.41) is 12.7. The lowest BCUT2D eigenvalue weighted by Crippen LogP contribution is -2.29. The van der Waals surface area contributed by atoms with Crippen LogP contribution < -0.4 is 5.32 Å². The molecule has 3 heteroatoms. The Kier molecular flexibility index (Phi) is 4.91. The minimum atomic E-state index is -0.668. The van der Waals surface area contributed by atoms with E-state index in [0.717, 1.165) is 11.1 Å². The van der Waals surface area contributed by atoms with Crippen molar-refractivity contribution in [2.75, 3.05) is 6.54 Å². The van der Waals surface area contributed by atoms with Gasteiger partial charge < -0.3 is 10.4 Å². The number of hydrogen-bond donors (Lipinski definition) is 2. The zero-order valence-electron chi connectivity index (χ0n) is 11.5. The van der Waals surface area contributed by atoms with Crippen LogP contribution in [0.3, 0.4) is 0 Å². The molecule has 3 nitrogen and oxygen atoms in total. The van der Waals surface area contributed by atoms with Crippen molar-refractivity contribution < 1.29 is 9.90 Å². The third-order valence-corrected chi connectivity index (χ3v) is 3.16. The van der Waals surface area contributed by atoms with Gasteiger partial charge >= 0.3 is 0 Å². The Hall–Kier alpha value is -2.13. The number of aliphatic hydroxyl groups is 1. The van der Waals surface area contributed by atoms with Gasteiger partial charge in [0.25, 0.3) is 0 Å². The summed E-state index contributed by atoms with van der Waals surface area (Å²) in [6.07, 6.45) is -0.333. The van der Waals surface area contributed by atoms with E-state index in [2.05, 4.69) is 5.32 Å². The van der Waals surface area contributed by atoms with Crippen molar-refractivity contribution in [2.24, 2.45) is 0 Å². The fourth-order valence-corrected chi connectivity index (χ4v) is 1.96. The van der Waals surface area contributed by atoms with Crippen molar-refractivity contribution >= 4 is 5.91 Å². The van der Waals surface area contributed by atoms with Gasteiger partial charge in [-0.1, -0.05) is 60.2 Å². The number of hydrogen-bond acceptors (Lipinski definition) is 2. The lowest BCUT2D eigenvalue weighted by atomic mass is 10.1. The van der Waals surface area contributed by atoms with E-state index in [1.807, 2.05) is 61.5 Å². The molecule has 2 aromatic rings. The fourth-order valence-electron chi connectivity index (χ4n) is 1.96. The molecule has 0 aliphatic rings. The van der Waals surface area contributed by atoms with E-state index in [-0.39, 0.29) is 12.5 Å². The summed E-state index contributed by atoms with van der Waals surface area (Å²) < 4.78 is 0. The van der Waals surface area contributed by atoms with Crippen molar-refractivity contribution in [1.82, 2.24) is 5.32 Å². The molecular weight excluding hydrogens is 250 g/mol. The first-order chi connectivity index (χ1) is 9.65. The lowest BCUT2D eigenvalue weighted by Gasteiger charge is -2.12. The van der Waals surface area contributed by atoms with E-state index in [1.165, 1.54) is 5.56 Å². The van der Waals surface area contributed by atoms with Crippen LogP contribution in [0.15, 0.2) is 54.6 Å². The molecule has 0 unspecified atom stereocenters. The molecule has 0 heterocycles. The molecule has 0 aromatic heterocycles. The number of aryl methyl sites for hydroxylation is 1. The summed E-state index contributed by atoms with van der Waals surface area (Å²) >= 11 is 0. The summed E-state index contributed by atoms with van der Waals surface area (Å²) in [5.41, 5.74) is 2.96. The zero-order chi connectivity index (χ0) is 14.4. The van der Waals surface area contributed by atoms with Gasteiger partial charge in [0.05, 0.1) is 12.5 Å². The molecule has 2 aromatic carbocycles. The molecule has 0 saturated carbocycles. The third-order valence-electron chi connectivity index (χ3n) is 3.16. The number of rotatable bonds is 5. The van der Waals surface area contributed by atoms with E-state index in [9.17, 15) is 9.90 Å². The standard InChI is InChI=1S/C17H19NO2/c1-13-7-9-14(10-8-13)11-17(20)18-12-16(19)15-5-3-2-4-6-15/h2-10,16,19H,11-12H2,1H3,(H,18,20)/t16-/m0/s1. The summed E-state index contributed by atoms with van der Waals surface area (Å²) in [5.74, 6) is -0.0798. The highest BCUT2D eigenvalue weighted by atomic mass is 16.3. The number of benzene rings is 2. The Morgan fingerprint density at radius 3 is 2.40 bits per heavy atom. The molecule has 0 aliphatic carbocycles. The second-order valence-corrected chi connectivity index (χ2v) is 4.89. The van der Waals surface area contributed by atoms with Crippen LogP contribution in [0.2, 0.25) is 0 Å². The Bertz CT molecular complexity index is 549. The summed E-state index contributed by atoms with van der Waals surface area (Å²) in [6, 6.07) is 17.2. The highest BCUT2D eigenvalue weighted by Crippen LogP contribution is 2.10. The van der Waals surface area contributed by atoms with E-state index in [1.54, 1.807) is 0 Å². The van der Waals surface area contributed by atoms with E-state index >= 15 is 0 Å². The normalized spacial score (nSPS) is 11.9. The van der Waals surface area contributed by atoms with Gasteiger partial charge in [-0.3, -0.25) is 4.79 Å². The van der Waals surface area contributed by atoms with Crippen molar-refractivity contribution in [2.45, 2.75) is 19.4 Å². The number of amides is 1. The molecule has 2 N–H and O–H groups in total. The zero-order valence-corrected chi connectivity index (χ0v) is 11.5. The van der Waals surface area contributed by atoms with Crippen LogP contribution in [0.5, 0.6) is 0 Å². The SMILES string of the molecule is Cc1ccc(CC(=O)NC[C@H](O)c2ccccc2)cc1. The average Bonchev–Trinajstić information content (AvgIpc) is 2.48. The molecule has 0 bridgehead atoms. The predicted molar refractivity (Wildman–Crippen MR) is 79.3 cm³/mol. The van der Waals surface area contributed by atoms with Crippen molar-refractivity contribution in [1.29, 1.82) is 0 Å². The van der Waals surface area contributed by atoms with Gasteiger partial charge in [0.15, 0.2) is 0 Å². The average molecular weight is 269 g/mol. The highest BCUT2D eigenvalue weighted by Gasteiger charge is 2.09. The van der Waals surface area contributed by atoms with Crippen LogP contribution in [0, 0.1) is 6.92 Å². The number of aliphatic hydroxyl groups excluding tert-OH is 1. The number of carbonyl (C=O) groups excluding carboxylic acids is 1. The van der Waals surface area contributed by atoms with Crippen LogP contribution in [-0.2, 0) is 11.2 Å². The molecule has 1 atom stereocenters. The van der Waals surface area contributed by atoms with Crippen LogP contribution >= 0.6 is 0 Å². The first kappa shape index (κ1) is 14.3. The van der Waals surface area contributed by atoms with Crippen LogP contribution in [0.25, 0.3) is 0 Å². The lowest BCUT2D eigenvalue weighted by molar-refractivity contribution is -0.120. The van der Waals surface area contributed by atoms with Crippen LogP contribution in [-0.4, -0.2) is 17.6 Å². The Labute approximate surface area is 119 Å². The maximum Gasteiger partial charge on any atom is 0.224 e. The van der Waals surface area contributed by atoms with Gasteiger partial charge in [-0.05, 0) is 18.1 Å². The topological polar surface area (TPSA) is 49.3 Å². The van der Waals surface area contributed by atoms with E-state index in [4.69, 9.17) is 0 Å². The maximum atomic E-state index is 11.8. The minimum Gasteiger partial charge on any atom is -0.387 e. The molecule has 0 saturated heterocycles. The monoisotopic (exact) mass is 269 g/mol. The Balaban J connectivity index is 1.82. The molecule has 2 rings (SSSR count). The summed E-state index contributed by atoms with van der Waals surface area (Å²) in [7, 11) is 0. The predicted octanol–water partition coefficient (Wildman–Crippen LogP) is 2.39. The smallest absolute Gasteiger partial charge is 0.224 e. The molecule has 1 amide bonds. The highest BCUT2D eigenvalue weighted by molar-refractivity contribution is 5.78. The van der Waals surface area contributed by atoms with Gasteiger partial charge in [-0.2, -0.15) is 0 Å². The van der Waals surface area contributed by atoms with Gasteiger partial charge in [0.1, 0.15) is 0 Å². The van der Waals surface area contributed by atoms with Gasteiger partial charge in [-0.15, -0.1) is 0 Å². The molecule has 104 valence electrons. The van der Waals surface area contributed by atoms with Crippen LogP contribution in [0.1, 0.15) is 22.8 Å². The van der Waals surface area contributed by atoms with Crippen molar-refractivity contribution in [3.8, 4) is 0 Å². The first-order valence-corrected chi connectivity index (χ1v) is 6.70. The maximum absolute atomic E-state index is 11.8. The molecule has 0 spiro atoms. The first-order valence-electron chi connectivity index (χ1n) is 6.70. The van der Waals surface area contributed by atoms with Crippen molar-refractivity contribution in [3.05, 3.63) is 71.3 Å². The van der Waals surface area contributed by atoms with E-state index < -0.39 is 6.10 Å².